The molecule has 0 aliphatic rings. The summed E-state index contributed by atoms with van der Waals surface area (Å²) < 4.78 is 6.31. The zero-order chi connectivity index (χ0) is 14.6. The maximum absolute atomic E-state index is 12.6. The summed E-state index contributed by atoms with van der Waals surface area (Å²) in [6, 6.07) is 5.58. The van der Waals surface area contributed by atoms with Crippen LogP contribution in [-0.4, -0.2) is 12.4 Å². The van der Waals surface area contributed by atoms with Gasteiger partial charge in [0.15, 0.2) is 5.78 Å². The minimum atomic E-state index is 0.0600. The number of carbonyl (C=O) groups excluding carboxylic acids is 1. The summed E-state index contributed by atoms with van der Waals surface area (Å²) in [7, 11) is 0. The lowest BCUT2D eigenvalue weighted by molar-refractivity contribution is 0.0839. The molecule has 0 aromatic heterocycles. The van der Waals surface area contributed by atoms with Crippen molar-refractivity contribution in [3.05, 3.63) is 28.2 Å². The SMILES string of the molecule is CCOc1ccc(C(=O)C(C(C)C)C(C)C)cc1Br. The van der Waals surface area contributed by atoms with Crippen molar-refractivity contribution in [3.8, 4) is 5.75 Å². The van der Waals surface area contributed by atoms with Crippen molar-refractivity contribution < 1.29 is 9.53 Å². The van der Waals surface area contributed by atoms with Gasteiger partial charge in [0.2, 0.25) is 0 Å². The van der Waals surface area contributed by atoms with Gasteiger partial charge in [0.25, 0.3) is 0 Å². The summed E-state index contributed by atoms with van der Waals surface area (Å²) in [4.78, 5) is 12.6. The molecule has 0 radical (unpaired) electrons. The van der Waals surface area contributed by atoms with Crippen LogP contribution in [0.15, 0.2) is 22.7 Å². The normalized spacial score (nSPS) is 11.4. The monoisotopic (exact) mass is 326 g/mol. The fraction of sp³-hybridized carbons (Fsp3) is 0.562. The fourth-order valence-electron chi connectivity index (χ4n) is 2.49. The zero-order valence-corrected chi connectivity index (χ0v) is 14.0. The van der Waals surface area contributed by atoms with Crippen LogP contribution < -0.4 is 4.74 Å². The van der Waals surface area contributed by atoms with Gasteiger partial charge in [-0.2, -0.15) is 0 Å². The lowest BCUT2D eigenvalue weighted by atomic mass is 9.80. The van der Waals surface area contributed by atoms with Crippen molar-refractivity contribution in [1.29, 1.82) is 0 Å². The Bertz CT molecular complexity index is 430. The summed E-state index contributed by atoms with van der Waals surface area (Å²) in [6.45, 7) is 11.0. The first kappa shape index (κ1) is 16.2. The number of ketones is 1. The number of hydrogen-bond donors (Lipinski definition) is 0. The highest BCUT2D eigenvalue weighted by molar-refractivity contribution is 9.10. The van der Waals surface area contributed by atoms with E-state index in [9.17, 15) is 4.79 Å². The Balaban J connectivity index is 3.02. The van der Waals surface area contributed by atoms with Crippen LogP contribution in [0.2, 0.25) is 0 Å². The molecule has 0 heterocycles. The van der Waals surface area contributed by atoms with E-state index in [1.807, 2.05) is 25.1 Å². The number of Topliss-reactive ketones (excluding diaryl/α,β-unsaturated/α-hetero) is 1. The van der Waals surface area contributed by atoms with E-state index in [1.165, 1.54) is 0 Å². The smallest absolute Gasteiger partial charge is 0.166 e. The third kappa shape index (κ3) is 4.07. The summed E-state index contributed by atoms with van der Waals surface area (Å²) in [5, 5.41) is 0. The van der Waals surface area contributed by atoms with Gasteiger partial charge in [0, 0.05) is 11.5 Å². The molecule has 19 heavy (non-hydrogen) atoms. The van der Waals surface area contributed by atoms with Gasteiger partial charge in [0.05, 0.1) is 11.1 Å². The molecule has 1 aromatic rings. The molecule has 0 atom stereocenters. The average Bonchev–Trinajstić information content (AvgIpc) is 2.30. The third-order valence-corrected chi connectivity index (χ3v) is 3.88. The molecule has 0 spiro atoms. The molecular formula is C16H23BrO2. The van der Waals surface area contributed by atoms with Gasteiger partial charge in [-0.15, -0.1) is 0 Å². The molecule has 0 bridgehead atoms. The van der Waals surface area contributed by atoms with E-state index in [-0.39, 0.29) is 11.7 Å². The number of rotatable bonds is 6. The molecule has 0 amide bonds. The highest BCUT2D eigenvalue weighted by Crippen LogP contribution is 2.30. The van der Waals surface area contributed by atoms with E-state index < -0.39 is 0 Å². The number of benzene rings is 1. The van der Waals surface area contributed by atoms with Gasteiger partial charge in [-0.25, -0.2) is 0 Å². The van der Waals surface area contributed by atoms with Crippen molar-refractivity contribution in [2.75, 3.05) is 6.61 Å². The Kier molecular flexibility index (Phi) is 6.05. The lowest BCUT2D eigenvalue weighted by Gasteiger charge is -2.23. The van der Waals surface area contributed by atoms with Gasteiger partial charge in [-0.05, 0) is 52.9 Å². The topological polar surface area (TPSA) is 26.3 Å². The molecule has 0 unspecified atom stereocenters. The van der Waals surface area contributed by atoms with Crippen LogP contribution in [0.4, 0.5) is 0 Å². The van der Waals surface area contributed by atoms with Crippen LogP contribution >= 0.6 is 15.9 Å². The van der Waals surface area contributed by atoms with E-state index >= 15 is 0 Å². The minimum Gasteiger partial charge on any atom is -0.493 e. The van der Waals surface area contributed by atoms with Gasteiger partial charge in [0.1, 0.15) is 5.75 Å². The lowest BCUT2D eigenvalue weighted by Crippen LogP contribution is -2.25. The molecule has 106 valence electrons. The molecule has 0 fully saturated rings. The molecular weight excluding hydrogens is 304 g/mol. The second-order valence-corrected chi connectivity index (χ2v) is 6.31. The Morgan fingerprint density at radius 2 is 1.79 bits per heavy atom. The minimum absolute atomic E-state index is 0.0600. The zero-order valence-electron chi connectivity index (χ0n) is 12.4. The highest BCUT2D eigenvalue weighted by atomic mass is 79.9. The van der Waals surface area contributed by atoms with Crippen molar-refractivity contribution in [2.24, 2.45) is 17.8 Å². The molecule has 0 aliphatic heterocycles. The Morgan fingerprint density at radius 3 is 2.21 bits per heavy atom. The predicted molar refractivity (Wildman–Crippen MR) is 82.8 cm³/mol. The number of ether oxygens (including phenoxy) is 1. The van der Waals surface area contributed by atoms with Crippen LogP contribution in [0.3, 0.4) is 0 Å². The van der Waals surface area contributed by atoms with Crippen LogP contribution in [0, 0.1) is 17.8 Å². The Morgan fingerprint density at radius 1 is 1.21 bits per heavy atom. The van der Waals surface area contributed by atoms with Crippen molar-refractivity contribution >= 4 is 21.7 Å². The molecule has 1 rings (SSSR count). The first-order valence-electron chi connectivity index (χ1n) is 6.85. The second-order valence-electron chi connectivity index (χ2n) is 5.46. The number of hydrogen-bond acceptors (Lipinski definition) is 2. The first-order valence-corrected chi connectivity index (χ1v) is 7.64. The van der Waals surface area contributed by atoms with Crippen molar-refractivity contribution in [1.82, 2.24) is 0 Å². The van der Waals surface area contributed by atoms with E-state index in [0.29, 0.717) is 18.4 Å². The Hall–Kier alpha value is -0.830. The molecule has 2 nitrogen and oxygen atoms in total. The van der Waals surface area contributed by atoms with E-state index in [2.05, 4.69) is 43.6 Å². The molecule has 0 saturated heterocycles. The van der Waals surface area contributed by atoms with Gasteiger partial charge in [-0.3, -0.25) is 4.79 Å². The Labute approximate surface area is 124 Å². The molecule has 0 saturated carbocycles. The molecule has 1 aromatic carbocycles. The summed E-state index contributed by atoms with van der Waals surface area (Å²) in [5.74, 6) is 1.75. The van der Waals surface area contributed by atoms with Crippen LogP contribution in [0.5, 0.6) is 5.75 Å². The standard InChI is InChI=1S/C16H23BrO2/c1-6-19-14-8-7-12(9-13(14)17)16(18)15(10(2)3)11(4)5/h7-11,15H,6H2,1-5H3. The van der Waals surface area contributed by atoms with E-state index in [0.717, 1.165) is 15.8 Å². The predicted octanol–water partition coefficient (Wildman–Crippen LogP) is 4.96. The third-order valence-electron chi connectivity index (χ3n) is 3.26. The molecule has 0 N–H and O–H groups in total. The maximum atomic E-state index is 12.6. The largest absolute Gasteiger partial charge is 0.493 e. The van der Waals surface area contributed by atoms with Crippen molar-refractivity contribution in [3.63, 3.8) is 0 Å². The van der Waals surface area contributed by atoms with E-state index in [4.69, 9.17) is 4.74 Å². The van der Waals surface area contributed by atoms with Crippen molar-refractivity contribution in [2.45, 2.75) is 34.6 Å². The van der Waals surface area contributed by atoms with E-state index in [1.54, 1.807) is 0 Å². The molecule has 3 heteroatoms. The van der Waals surface area contributed by atoms with Crippen LogP contribution in [0.25, 0.3) is 0 Å². The number of halogens is 1. The quantitative estimate of drug-likeness (QED) is 0.690. The molecule has 0 aliphatic carbocycles. The maximum Gasteiger partial charge on any atom is 0.166 e. The number of carbonyl (C=O) groups is 1. The van der Waals surface area contributed by atoms with Gasteiger partial charge >= 0.3 is 0 Å². The first-order chi connectivity index (χ1) is 8.88. The summed E-state index contributed by atoms with van der Waals surface area (Å²) >= 11 is 3.46. The fourth-order valence-corrected chi connectivity index (χ4v) is 2.99. The van der Waals surface area contributed by atoms with Gasteiger partial charge < -0.3 is 4.74 Å². The van der Waals surface area contributed by atoms with Gasteiger partial charge in [-0.1, -0.05) is 27.7 Å². The average molecular weight is 327 g/mol. The van der Waals surface area contributed by atoms with Crippen LogP contribution in [0.1, 0.15) is 45.0 Å². The van der Waals surface area contributed by atoms with Crippen LogP contribution in [-0.2, 0) is 0 Å². The highest BCUT2D eigenvalue weighted by Gasteiger charge is 2.26. The second kappa shape index (κ2) is 7.09. The summed E-state index contributed by atoms with van der Waals surface area (Å²) in [6.07, 6.45) is 0. The summed E-state index contributed by atoms with van der Waals surface area (Å²) in [5.41, 5.74) is 0.753.